The molecule has 9 aromatic rings. The Morgan fingerprint density at radius 3 is 1.64 bits per heavy atom. The molecule has 0 atom stereocenters. The van der Waals surface area contributed by atoms with Crippen molar-refractivity contribution in [2.75, 3.05) is 9.80 Å². The van der Waals surface area contributed by atoms with Crippen LogP contribution in [0.2, 0.25) is 0 Å². The zero-order valence-corrected chi connectivity index (χ0v) is 52.6. The third-order valence-electron chi connectivity index (χ3n) is 16.5. The first-order valence-corrected chi connectivity index (χ1v) is 28.5. The molecule has 1 aliphatic rings. The van der Waals surface area contributed by atoms with Crippen molar-refractivity contribution in [2.45, 2.75) is 151 Å². The molecular formula is C74H81N4OPt-3. The molecule has 0 amide bonds. The molecule has 0 spiro atoms. The summed E-state index contributed by atoms with van der Waals surface area (Å²) in [6.45, 7) is 41.4. The monoisotopic (exact) mass is 1240 g/mol. The van der Waals surface area contributed by atoms with Gasteiger partial charge in [-0.2, -0.15) is 0 Å². The van der Waals surface area contributed by atoms with E-state index in [0.717, 1.165) is 44.6 Å². The van der Waals surface area contributed by atoms with Gasteiger partial charge in [0.1, 0.15) is 5.82 Å². The maximum absolute atomic E-state index is 7.33. The Morgan fingerprint density at radius 2 is 1.09 bits per heavy atom. The molecule has 7 aromatic carbocycles. The first kappa shape index (κ1) is 58.0. The third kappa shape index (κ3) is 11.1. The van der Waals surface area contributed by atoms with Crippen LogP contribution in [-0.2, 0) is 42.7 Å². The van der Waals surface area contributed by atoms with E-state index in [4.69, 9.17) is 9.72 Å². The van der Waals surface area contributed by atoms with E-state index in [2.05, 4.69) is 309 Å². The largest absolute Gasteiger partial charge is 0.509 e. The van der Waals surface area contributed by atoms with Gasteiger partial charge in [-0.3, -0.25) is 0 Å². The van der Waals surface area contributed by atoms with E-state index < -0.39 is 0 Å². The van der Waals surface area contributed by atoms with E-state index in [9.17, 15) is 0 Å². The molecule has 0 saturated heterocycles. The topological polar surface area (TPSA) is 33.5 Å². The minimum absolute atomic E-state index is 0. The summed E-state index contributed by atoms with van der Waals surface area (Å²) in [5.74, 6) is 2.66. The first-order chi connectivity index (χ1) is 37.2. The molecule has 80 heavy (non-hydrogen) atoms. The van der Waals surface area contributed by atoms with Gasteiger partial charge in [0.25, 0.3) is 0 Å². The molecule has 0 saturated carbocycles. The third-order valence-corrected chi connectivity index (χ3v) is 16.5. The van der Waals surface area contributed by atoms with Gasteiger partial charge in [0.05, 0.1) is 0 Å². The second-order valence-corrected chi connectivity index (χ2v) is 26.8. The van der Waals surface area contributed by atoms with Gasteiger partial charge in [-0.05, 0) is 109 Å². The Morgan fingerprint density at radius 1 is 0.525 bits per heavy atom. The average Bonchev–Trinajstić information content (AvgIpc) is 4.19. The van der Waals surface area contributed by atoms with Crippen molar-refractivity contribution in [3.8, 4) is 28.4 Å². The molecule has 3 heterocycles. The van der Waals surface area contributed by atoms with E-state index in [0.29, 0.717) is 11.5 Å². The first-order valence-electron chi connectivity index (χ1n) is 28.5. The molecule has 1 aliphatic heterocycles. The maximum Gasteiger partial charge on any atom is 0.135 e. The van der Waals surface area contributed by atoms with Crippen LogP contribution in [0.15, 0.2) is 170 Å². The van der Waals surface area contributed by atoms with E-state index >= 15 is 0 Å². The SMILES string of the molecule is CC(C)c1cccc(C(C)C)c1-c1cc(Oc2[c-]c3c(c(C(C)(C)C)c2)c2ccccc2n3-c2cc(C(C)(C)C)ccn2)[c-]c(N2C=C(C(C)(C)C)N(c3cc(C(C)(C)c4ccccc4)cc(C(C)(C)c4ccccc4)c3)[CH-]2)c1.[Pt]. The Kier molecular flexibility index (Phi) is 15.7. The van der Waals surface area contributed by atoms with Gasteiger partial charge in [0.2, 0.25) is 0 Å². The number of ether oxygens (including phenoxy) is 1. The number of aromatic nitrogens is 2. The normalized spacial score (nSPS) is 13.7. The molecule has 0 radical (unpaired) electrons. The summed E-state index contributed by atoms with van der Waals surface area (Å²) in [7, 11) is 0. The van der Waals surface area contributed by atoms with Crippen molar-refractivity contribution in [1.29, 1.82) is 0 Å². The van der Waals surface area contributed by atoms with Crippen molar-refractivity contribution >= 4 is 33.2 Å². The van der Waals surface area contributed by atoms with Gasteiger partial charge in [-0.15, -0.1) is 53.8 Å². The number of benzene rings is 7. The van der Waals surface area contributed by atoms with Gasteiger partial charge in [-0.25, -0.2) is 4.98 Å². The molecule has 10 rings (SSSR count). The minimum atomic E-state index is -0.287. The van der Waals surface area contributed by atoms with E-state index in [1.54, 1.807) is 0 Å². The van der Waals surface area contributed by atoms with Gasteiger partial charge >= 0.3 is 0 Å². The maximum atomic E-state index is 7.33. The molecular weight excluding hydrogens is 1160 g/mol. The van der Waals surface area contributed by atoms with Crippen molar-refractivity contribution in [2.24, 2.45) is 5.41 Å². The standard InChI is InChI=1S/C74H81N4O.Pt/c1-48(2)60-32-26-33-61(49(3)4)68(60)50-37-56(43-58(38-50)79-59-44-63(71(8,9)10)69-62-31-24-25-34-64(62)78(65(69)45-59)67-42-53(35-36-75-67)70(5,6)7)76-46-66(72(11,12)13)77(47-76)57-40-54(73(14,15)51-27-20-18-21-28-51)39-55(41-57)74(16,17)52-29-22-19-23-30-52;/h18-42,44,46-49H,1-17H3;/q-3;. The molecule has 0 bridgehead atoms. The van der Waals surface area contributed by atoms with E-state index in [1.165, 1.54) is 55.8 Å². The Labute approximate surface area is 493 Å². The van der Waals surface area contributed by atoms with Crippen LogP contribution in [0.25, 0.3) is 38.8 Å². The fraction of sp³-hybridized carbons (Fsp3) is 0.324. The smallest absolute Gasteiger partial charge is 0.135 e. The fourth-order valence-corrected chi connectivity index (χ4v) is 11.6. The van der Waals surface area contributed by atoms with E-state index in [1.807, 2.05) is 6.20 Å². The summed E-state index contributed by atoms with van der Waals surface area (Å²) in [4.78, 5) is 9.71. The number of hydrogen-bond donors (Lipinski definition) is 0. The molecule has 5 nitrogen and oxygen atoms in total. The quantitative estimate of drug-likeness (QED) is 0.114. The molecule has 0 unspecified atom stereocenters. The zero-order chi connectivity index (χ0) is 56.6. The van der Waals surface area contributed by atoms with Gasteiger partial charge in [0.15, 0.2) is 0 Å². The second-order valence-electron chi connectivity index (χ2n) is 26.8. The number of hydrogen-bond acceptors (Lipinski definition) is 4. The van der Waals surface area contributed by atoms with Crippen LogP contribution in [0.4, 0.5) is 11.4 Å². The molecule has 6 heteroatoms. The fourth-order valence-electron chi connectivity index (χ4n) is 11.6. The van der Waals surface area contributed by atoms with Crippen LogP contribution in [0.3, 0.4) is 0 Å². The van der Waals surface area contributed by atoms with Crippen LogP contribution in [0.1, 0.15) is 174 Å². The molecule has 0 fully saturated rings. The summed E-state index contributed by atoms with van der Waals surface area (Å²) in [6.07, 6.45) is 4.24. The predicted octanol–water partition coefficient (Wildman–Crippen LogP) is 20.1. The Balaban J connectivity index is 0.00000774. The van der Waals surface area contributed by atoms with Crippen LogP contribution in [-0.4, -0.2) is 9.55 Å². The summed E-state index contributed by atoms with van der Waals surface area (Å²) in [6, 6.07) is 63.4. The van der Waals surface area contributed by atoms with Crippen LogP contribution in [0.5, 0.6) is 11.5 Å². The number of fused-ring (bicyclic) bond motifs is 3. The van der Waals surface area contributed by atoms with Gasteiger partial charge in [-0.1, -0.05) is 232 Å². The van der Waals surface area contributed by atoms with Crippen LogP contribution in [0, 0.1) is 24.2 Å². The van der Waals surface area contributed by atoms with Crippen LogP contribution >= 0.6 is 0 Å². The number of anilines is 2. The summed E-state index contributed by atoms with van der Waals surface area (Å²) < 4.78 is 9.60. The molecule has 0 N–H and O–H groups in total. The Hall–Kier alpha value is -6.68. The van der Waals surface area contributed by atoms with Gasteiger partial charge in [0, 0.05) is 71.9 Å². The van der Waals surface area contributed by atoms with E-state index in [-0.39, 0.29) is 60.0 Å². The zero-order valence-electron chi connectivity index (χ0n) is 50.3. The summed E-state index contributed by atoms with van der Waals surface area (Å²) >= 11 is 0. The number of pyridine rings is 1. The predicted molar refractivity (Wildman–Crippen MR) is 334 cm³/mol. The van der Waals surface area contributed by atoms with Crippen molar-refractivity contribution in [1.82, 2.24) is 9.55 Å². The number of allylic oxidation sites excluding steroid dienone is 1. The molecule has 0 aliphatic carbocycles. The minimum Gasteiger partial charge on any atom is -0.509 e. The average molecular weight is 1240 g/mol. The molecule has 2 aromatic heterocycles. The summed E-state index contributed by atoms with van der Waals surface area (Å²) in [5, 5.41) is 2.32. The number of para-hydroxylation sites is 1. The summed E-state index contributed by atoms with van der Waals surface area (Å²) in [5.41, 5.74) is 16.4. The van der Waals surface area contributed by atoms with Crippen molar-refractivity contribution < 1.29 is 25.8 Å². The van der Waals surface area contributed by atoms with Crippen LogP contribution < -0.4 is 14.5 Å². The Bertz CT molecular complexity index is 3650. The van der Waals surface area contributed by atoms with Crippen molar-refractivity contribution in [3.05, 3.63) is 233 Å². The second kappa shape index (κ2) is 21.7. The molecule has 416 valence electrons. The number of rotatable bonds is 12. The van der Waals surface area contributed by atoms with Gasteiger partial charge < -0.3 is 19.1 Å². The van der Waals surface area contributed by atoms with Crippen molar-refractivity contribution in [3.63, 3.8) is 0 Å². The number of nitrogens with zero attached hydrogens (tertiary/aromatic N) is 4.